The van der Waals surface area contributed by atoms with Crippen LogP contribution >= 0.6 is 11.8 Å². The van der Waals surface area contributed by atoms with Crippen LogP contribution in [0.2, 0.25) is 0 Å². The van der Waals surface area contributed by atoms with Crippen LogP contribution in [-0.4, -0.2) is 31.9 Å². The molecule has 3 heterocycles. The van der Waals surface area contributed by atoms with Crippen molar-refractivity contribution in [2.75, 3.05) is 6.61 Å². The summed E-state index contributed by atoms with van der Waals surface area (Å²) in [5.41, 5.74) is 4.83. The highest BCUT2D eigenvalue weighted by Gasteiger charge is 2.32. The van der Waals surface area contributed by atoms with Gasteiger partial charge in [0.15, 0.2) is 0 Å². The topological polar surface area (TPSA) is 66.2 Å². The summed E-state index contributed by atoms with van der Waals surface area (Å²) < 4.78 is 13.8. The second kappa shape index (κ2) is 11.4. The van der Waals surface area contributed by atoms with Gasteiger partial charge < -0.3 is 14.0 Å². The maximum atomic E-state index is 13.3. The van der Waals surface area contributed by atoms with Crippen LogP contribution in [0.5, 0.6) is 5.75 Å². The van der Waals surface area contributed by atoms with Gasteiger partial charge in [-0.2, -0.15) is 0 Å². The van der Waals surface area contributed by atoms with Crippen molar-refractivity contribution in [2.24, 2.45) is 7.05 Å². The molecule has 6 nitrogen and oxygen atoms in total. The number of carbonyl (C=O) groups is 1. The highest BCUT2D eigenvalue weighted by Crippen LogP contribution is 2.45. The first-order chi connectivity index (χ1) is 17.7. The van der Waals surface area contributed by atoms with Crippen molar-refractivity contribution in [3.05, 3.63) is 83.6 Å². The van der Waals surface area contributed by atoms with E-state index in [1.807, 2.05) is 63.5 Å². The number of fused-ring (bicyclic) bond motifs is 1. The molecule has 0 amide bonds. The van der Waals surface area contributed by atoms with Gasteiger partial charge >= 0.3 is 5.97 Å². The predicted octanol–water partition coefficient (Wildman–Crippen LogP) is 6.64. The van der Waals surface area contributed by atoms with Crippen LogP contribution in [0.25, 0.3) is 10.9 Å². The fourth-order valence-electron chi connectivity index (χ4n) is 4.31. The number of pyridine rings is 2. The Morgan fingerprint density at radius 2 is 1.89 bits per heavy atom. The lowest BCUT2D eigenvalue weighted by molar-refractivity contribution is -0.145. The molecular formula is C30H35N3O3S. The number of hydrogen-bond donors (Lipinski definition) is 0. The minimum atomic E-state index is -0.488. The Bertz CT molecular complexity index is 1360. The summed E-state index contributed by atoms with van der Waals surface area (Å²) in [4.78, 5) is 23.4. The van der Waals surface area contributed by atoms with E-state index in [1.54, 1.807) is 18.0 Å². The number of thioether (sulfide) groups is 1. The molecule has 1 unspecified atom stereocenters. The van der Waals surface area contributed by atoms with E-state index in [1.165, 1.54) is 0 Å². The van der Waals surface area contributed by atoms with Gasteiger partial charge in [-0.1, -0.05) is 32.9 Å². The molecule has 0 saturated heterocycles. The molecule has 7 heteroatoms. The van der Waals surface area contributed by atoms with Crippen molar-refractivity contribution < 1.29 is 14.3 Å². The zero-order valence-electron chi connectivity index (χ0n) is 22.4. The lowest BCUT2D eigenvalue weighted by Gasteiger charge is -2.22. The van der Waals surface area contributed by atoms with E-state index in [-0.39, 0.29) is 10.7 Å². The standard InChI is InChI=1S/C30H35N3O3S/c1-7-35-29(34)25(16-21-10-8-9-15-31-21)27-28(37-30(3,4)5)24-17-23(13-14-26(24)33(27)6)36-19-22-12-11-20(2)18-32-22/h8-15,17-18,25H,7,16,19H2,1-6H3. The molecule has 0 saturated carbocycles. The molecule has 0 aliphatic heterocycles. The molecule has 1 aromatic carbocycles. The monoisotopic (exact) mass is 517 g/mol. The lowest BCUT2D eigenvalue weighted by atomic mass is 9.98. The third kappa shape index (κ3) is 6.52. The Morgan fingerprint density at radius 3 is 2.54 bits per heavy atom. The van der Waals surface area contributed by atoms with E-state index in [0.29, 0.717) is 19.6 Å². The Labute approximate surface area is 223 Å². The third-order valence-electron chi connectivity index (χ3n) is 5.98. The molecule has 0 aliphatic carbocycles. The smallest absolute Gasteiger partial charge is 0.315 e. The number of nitrogens with zero attached hydrogens (tertiary/aromatic N) is 3. The van der Waals surface area contributed by atoms with Crippen LogP contribution in [-0.2, 0) is 29.6 Å². The van der Waals surface area contributed by atoms with E-state index in [4.69, 9.17) is 9.47 Å². The number of hydrogen-bond acceptors (Lipinski definition) is 6. The highest BCUT2D eigenvalue weighted by atomic mass is 32.2. The first-order valence-corrected chi connectivity index (χ1v) is 13.4. The van der Waals surface area contributed by atoms with Gasteiger partial charge in [-0.25, -0.2) is 0 Å². The zero-order chi connectivity index (χ0) is 26.6. The molecule has 3 aromatic heterocycles. The molecule has 0 N–H and O–H groups in total. The maximum absolute atomic E-state index is 13.3. The Balaban J connectivity index is 1.79. The summed E-state index contributed by atoms with van der Waals surface area (Å²) in [5, 5.41) is 1.06. The van der Waals surface area contributed by atoms with Crippen molar-refractivity contribution in [1.82, 2.24) is 14.5 Å². The number of aryl methyl sites for hydroxylation is 2. The average molecular weight is 518 g/mol. The molecule has 0 bridgehead atoms. The Kier molecular flexibility index (Phi) is 8.22. The van der Waals surface area contributed by atoms with E-state index < -0.39 is 5.92 Å². The zero-order valence-corrected chi connectivity index (χ0v) is 23.3. The molecule has 0 aliphatic rings. The maximum Gasteiger partial charge on any atom is 0.315 e. The molecule has 0 spiro atoms. The normalized spacial score (nSPS) is 12.5. The summed E-state index contributed by atoms with van der Waals surface area (Å²) in [6.45, 7) is 11.1. The summed E-state index contributed by atoms with van der Waals surface area (Å²) in [5.74, 6) is 0.0372. The fourth-order valence-corrected chi connectivity index (χ4v) is 5.58. The van der Waals surface area contributed by atoms with Crippen molar-refractivity contribution in [3.8, 4) is 5.75 Å². The van der Waals surface area contributed by atoms with Gasteiger partial charge in [0.2, 0.25) is 0 Å². The predicted molar refractivity (Wildman–Crippen MR) is 149 cm³/mol. The minimum Gasteiger partial charge on any atom is -0.487 e. The van der Waals surface area contributed by atoms with Crippen LogP contribution in [0, 0.1) is 6.92 Å². The van der Waals surface area contributed by atoms with Crippen LogP contribution in [0.15, 0.2) is 65.8 Å². The van der Waals surface area contributed by atoms with Gasteiger partial charge in [0.05, 0.1) is 12.3 Å². The Hall–Kier alpha value is -3.32. The van der Waals surface area contributed by atoms with E-state index in [2.05, 4.69) is 47.4 Å². The van der Waals surface area contributed by atoms with Crippen molar-refractivity contribution >= 4 is 28.6 Å². The summed E-state index contributed by atoms with van der Waals surface area (Å²) in [6, 6.07) is 15.9. The molecule has 0 fully saturated rings. The molecule has 0 radical (unpaired) electrons. The van der Waals surface area contributed by atoms with E-state index in [9.17, 15) is 4.79 Å². The van der Waals surface area contributed by atoms with Gasteiger partial charge in [-0.3, -0.25) is 14.8 Å². The second-order valence-corrected chi connectivity index (χ2v) is 11.9. The summed E-state index contributed by atoms with van der Waals surface area (Å²) in [6.07, 6.45) is 4.07. The SMILES string of the molecule is CCOC(=O)C(Cc1ccccn1)c1c(SC(C)(C)C)c2cc(OCc3ccc(C)cn3)ccc2n1C. The van der Waals surface area contributed by atoms with Crippen LogP contribution < -0.4 is 4.74 Å². The number of ether oxygens (including phenoxy) is 2. The molecule has 4 rings (SSSR count). The molecule has 37 heavy (non-hydrogen) atoms. The van der Waals surface area contributed by atoms with Gasteiger partial charge in [-0.05, 0) is 55.8 Å². The molecule has 4 aromatic rings. The van der Waals surface area contributed by atoms with Crippen molar-refractivity contribution in [3.63, 3.8) is 0 Å². The van der Waals surface area contributed by atoms with Crippen molar-refractivity contribution in [1.29, 1.82) is 0 Å². The van der Waals surface area contributed by atoms with Crippen LogP contribution in [0.4, 0.5) is 0 Å². The number of benzene rings is 1. The molecule has 194 valence electrons. The third-order valence-corrected chi connectivity index (χ3v) is 7.22. The summed E-state index contributed by atoms with van der Waals surface area (Å²) in [7, 11) is 2.02. The largest absolute Gasteiger partial charge is 0.487 e. The molecular weight excluding hydrogens is 482 g/mol. The fraction of sp³-hybridized carbons (Fsp3) is 0.367. The first-order valence-electron chi connectivity index (χ1n) is 12.6. The van der Waals surface area contributed by atoms with Gasteiger partial charge in [0.1, 0.15) is 18.3 Å². The van der Waals surface area contributed by atoms with Gasteiger partial charge in [0, 0.05) is 57.8 Å². The Morgan fingerprint density at radius 1 is 1.08 bits per heavy atom. The van der Waals surface area contributed by atoms with Gasteiger partial charge in [0.25, 0.3) is 0 Å². The van der Waals surface area contributed by atoms with E-state index >= 15 is 0 Å². The van der Waals surface area contributed by atoms with Crippen LogP contribution in [0.3, 0.4) is 0 Å². The van der Waals surface area contributed by atoms with Gasteiger partial charge in [-0.15, -0.1) is 11.8 Å². The second-order valence-electron chi connectivity index (χ2n) is 10.1. The quantitative estimate of drug-likeness (QED) is 0.183. The highest BCUT2D eigenvalue weighted by molar-refractivity contribution is 8.00. The lowest BCUT2D eigenvalue weighted by Crippen LogP contribution is -2.22. The van der Waals surface area contributed by atoms with E-state index in [0.717, 1.165) is 44.2 Å². The average Bonchev–Trinajstić information content (AvgIpc) is 3.12. The first kappa shape index (κ1) is 26.7. The summed E-state index contributed by atoms with van der Waals surface area (Å²) >= 11 is 1.76. The minimum absolute atomic E-state index is 0.0735. The number of esters is 1. The number of carbonyl (C=O) groups excluding carboxylic acids is 1. The van der Waals surface area contributed by atoms with Crippen LogP contribution in [0.1, 0.15) is 56.3 Å². The number of rotatable bonds is 9. The number of aromatic nitrogens is 3. The van der Waals surface area contributed by atoms with Crippen molar-refractivity contribution in [2.45, 2.75) is 63.2 Å². The molecule has 1 atom stereocenters.